The van der Waals surface area contributed by atoms with E-state index in [1.54, 1.807) is 6.07 Å². The molecule has 0 aromatic carbocycles. The van der Waals surface area contributed by atoms with Gasteiger partial charge in [-0.1, -0.05) is 0 Å². The number of hydrogen-bond donors (Lipinski definition) is 5. The first-order valence-electron chi connectivity index (χ1n) is 12.2. The van der Waals surface area contributed by atoms with Gasteiger partial charge in [0, 0.05) is 37.0 Å². The lowest BCUT2D eigenvalue weighted by molar-refractivity contribution is -0.271. The molecule has 15 nitrogen and oxygen atoms in total. The number of pyridine rings is 2. The Morgan fingerprint density at radius 1 is 1.02 bits per heavy atom. The van der Waals surface area contributed by atoms with Gasteiger partial charge in [-0.25, -0.2) is 19.7 Å². The molecule has 40 heavy (non-hydrogen) atoms. The number of nitrogens with one attached hydrogen (secondary N) is 1. The van der Waals surface area contributed by atoms with Crippen LogP contribution in [-0.2, 0) is 14.3 Å². The van der Waals surface area contributed by atoms with E-state index in [9.17, 15) is 30.0 Å². The Hall–Kier alpha value is -4.28. The maximum absolute atomic E-state index is 12.4. The van der Waals surface area contributed by atoms with E-state index in [2.05, 4.69) is 25.3 Å². The van der Waals surface area contributed by atoms with Crippen molar-refractivity contribution < 1.29 is 49.0 Å². The quantitative estimate of drug-likeness (QED) is 0.237. The molecule has 0 saturated carbocycles. The Balaban J connectivity index is 1.29. The second-order valence-electron chi connectivity index (χ2n) is 9.00. The van der Waals surface area contributed by atoms with Crippen molar-refractivity contribution in [1.82, 2.24) is 25.3 Å². The van der Waals surface area contributed by atoms with Gasteiger partial charge in [0.25, 0.3) is 11.8 Å². The van der Waals surface area contributed by atoms with Crippen LogP contribution in [0.3, 0.4) is 0 Å². The highest BCUT2D eigenvalue weighted by Crippen LogP contribution is 2.33. The minimum Gasteiger partial charge on any atom is -0.479 e. The van der Waals surface area contributed by atoms with Crippen molar-refractivity contribution in [2.45, 2.75) is 43.2 Å². The van der Waals surface area contributed by atoms with Gasteiger partial charge in [-0.3, -0.25) is 9.78 Å². The van der Waals surface area contributed by atoms with Gasteiger partial charge in [-0.15, -0.1) is 0 Å². The van der Waals surface area contributed by atoms with Crippen LogP contribution in [0, 0.1) is 0 Å². The van der Waals surface area contributed by atoms with Gasteiger partial charge in [0.05, 0.1) is 24.4 Å². The highest BCUT2D eigenvalue weighted by molar-refractivity contribution is 5.93. The van der Waals surface area contributed by atoms with E-state index < -0.39 is 36.7 Å². The van der Waals surface area contributed by atoms with Gasteiger partial charge in [0.1, 0.15) is 24.1 Å². The van der Waals surface area contributed by atoms with Gasteiger partial charge in [0.15, 0.2) is 17.7 Å². The van der Waals surface area contributed by atoms with Crippen molar-refractivity contribution in [1.29, 1.82) is 0 Å². The van der Waals surface area contributed by atoms with Gasteiger partial charge >= 0.3 is 5.97 Å². The van der Waals surface area contributed by atoms with Crippen LogP contribution in [0.2, 0.25) is 0 Å². The molecule has 2 aliphatic heterocycles. The number of aliphatic hydroxyl groups excluding tert-OH is 3. The number of aliphatic carboxylic acids is 1. The molecular formula is C25H25N5O10. The number of aromatic nitrogens is 4. The maximum atomic E-state index is 12.4. The van der Waals surface area contributed by atoms with Crippen molar-refractivity contribution in [3.05, 3.63) is 54.7 Å². The summed E-state index contributed by atoms with van der Waals surface area (Å²) in [6, 6.07) is 4.45. The Morgan fingerprint density at radius 2 is 1.82 bits per heavy atom. The van der Waals surface area contributed by atoms with Gasteiger partial charge in [-0.2, -0.15) is 0 Å². The van der Waals surface area contributed by atoms with Crippen LogP contribution in [0.25, 0.3) is 11.4 Å². The molecule has 0 aliphatic carbocycles. The number of amides is 1. The molecule has 5 heterocycles. The fourth-order valence-electron chi connectivity index (χ4n) is 4.04. The van der Waals surface area contributed by atoms with E-state index in [1.807, 2.05) is 0 Å². The van der Waals surface area contributed by atoms with E-state index >= 15 is 0 Å². The Bertz CT molecular complexity index is 1350. The van der Waals surface area contributed by atoms with E-state index in [0.29, 0.717) is 24.3 Å². The van der Waals surface area contributed by atoms with Crippen molar-refractivity contribution >= 4 is 11.9 Å². The number of rotatable bonds is 8. The third kappa shape index (κ3) is 5.98. The Labute approximate surface area is 226 Å². The van der Waals surface area contributed by atoms with Crippen molar-refractivity contribution in [2.75, 3.05) is 13.2 Å². The topological polar surface area (TPSA) is 216 Å². The Kier molecular flexibility index (Phi) is 8.09. The molecule has 2 saturated heterocycles. The lowest BCUT2D eigenvalue weighted by atomic mass is 9.99. The molecule has 0 unspecified atom stereocenters. The summed E-state index contributed by atoms with van der Waals surface area (Å²) < 4.78 is 21.8. The number of aliphatic hydroxyl groups is 3. The fourth-order valence-corrected chi connectivity index (χ4v) is 4.04. The predicted octanol–water partition coefficient (Wildman–Crippen LogP) is -0.484. The standard InChI is InChI=1S/C25H25N5O10/c31-17-18(32)20(24(35)36)40-25(19(17)33)39-16-2-1-4-27-23(16)38-15-6-12(7-26-10-15)21-28-8-13(9-29-21)22(34)30-14-3-5-37-11-14/h1-2,4,6-10,14,17-20,25,31-33H,3,5,11H2,(H,30,34)(H,35,36)/t14-,17-,18-,19+,20-,25+/m0/s1. The van der Waals surface area contributed by atoms with Crippen LogP contribution in [-0.4, -0.2) is 102 Å². The number of ether oxygens (including phenoxy) is 4. The number of nitrogens with zero attached hydrogens (tertiary/aromatic N) is 4. The maximum Gasteiger partial charge on any atom is 0.335 e. The lowest BCUT2D eigenvalue weighted by Gasteiger charge is -2.38. The molecule has 0 bridgehead atoms. The smallest absolute Gasteiger partial charge is 0.335 e. The normalized spacial score (nSPS) is 26.2. The molecule has 2 fully saturated rings. The van der Waals surface area contributed by atoms with Gasteiger partial charge < -0.3 is 44.7 Å². The first kappa shape index (κ1) is 27.3. The monoisotopic (exact) mass is 555 g/mol. The fraction of sp³-hybridized carbons (Fsp3) is 0.360. The summed E-state index contributed by atoms with van der Waals surface area (Å²) in [5.41, 5.74) is 0.765. The summed E-state index contributed by atoms with van der Waals surface area (Å²) in [4.78, 5) is 40.5. The summed E-state index contributed by atoms with van der Waals surface area (Å²) in [7, 11) is 0. The molecule has 3 aromatic rings. The highest BCUT2D eigenvalue weighted by atomic mass is 16.7. The predicted molar refractivity (Wildman–Crippen MR) is 131 cm³/mol. The molecule has 210 valence electrons. The summed E-state index contributed by atoms with van der Waals surface area (Å²) in [6.07, 6.45) is -1.12. The highest BCUT2D eigenvalue weighted by Gasteiger charge is 2.48. The first-order chi connectivity index (χ1) is 19.3. The average molecular weight is 556 g/mol. The third-order valence-electron chi connectivity index (χ3n) is 6.16. The average Bonchev–Trinajstić information content (AvgIpc) is 3.47. The van der Waals surface area contributed by atoms with Crippen molar-refractivity contribution in [3.63, 3.8) is 0 Å². The van der Waals surface area contributed by atoms with Crippen molar-refractivity contribution in [3.8, 4) is 28.8 Å². The first-order valence-corrected chi connectivity index (χ1v) is 12.2. The van der Waals surface area contributed by atoms with Gasteiger partial charge in [-0.05, 0) is 24.6 Å². The van der Waals surface area contributed by atoms with Crippen LogP contribution in [0.5, 0.6) is 17.4 Å². The zero-order chi connectivity index (χ0) is 28.2. The molecular weight excluding hydrogens is 530 g/mol. The molecule has 15 heteroatoms. The third-order valence-corrected chi connectivity index (χ3v) is 6.16. The van der Waals surface area contributed by atoms with E-state index in [4.69, 9.17) is 18.9 Å². The number of carboxylic acid groups (broad SMARTS) is 1. The van der Waals surface area contributed by atoms with Crippen LogP contribution >= 0.6 is 0 Å². The summed E-state index contributed by atoms with van der Waals surface area (Å²) in [5.74, 6) is -1.50. The summed E-state index contributed by atoms with van der Waals surface area (Å²) >= 11 is 0. The van der Waals surface area contributed by atoms with Crippen LogP contribution in [0.15, 0.2) is 49.2 Å². The summed E-state index contributed by atoms with van der Waals surface area (Å²) in [5, 5.41) is 42.3. The van der Waals surface area contributed by atoms with Crippen LogP contribution < -0.4 is 14.8 Å². The molecule has 2 aliphatic rings. The van der Waals surface area contributed by atoms with Crippen molar-refractivity contribution in [2.24, 2.45) is 0 Å². The Morgan fingerprint density at radius 3 is 2.55 bits per heavy atom. The van der Waals surface area contributed by atoms with E-state index in [-0.39, 0.29) is 35.2 Å². The zero-order valence-electron chi connectivity index (χ0n) is 20.7. The molecule has 6 atom stereocenters. The summed E-state index contributed by atoms with van der Waals surface area (Å²) in [6.45, 7) is 1.07. The lowest BCUT2D eigenvalue weighted by Crippen LogP contribution is -2.61. The molecule has 5 rings (SSSR count). The van der Waals surface area contributed by atoms with E-state index in [1.165, 1.54) is 43.1 Å². The molecule has 1 amide bonds. The van der Waals surface area contributed by atoms with Crippen LogP contribution in [0.1, 0.15) is 16.8 Å². The number of carboxylic acids is 1. The number of carbonyl (C=O) groups excluding carboxylic acids is 1. The molecule has 5 N–H and O–H groups in total. The molecule has 3 aromatic heterocycles. The zero-order valence-corrected chi connectivity index (χ0v) is 20.7. The van der Waals surface area contributed by atoms with Gasteiger partial charge in [0.2, 0.25) is 6.29 Å². The molecule has 0 radical (unpaired) electrons. The number of carbonyl (C=O) groups is 2. The number of hydrogen-bond acceptors (Lipinski definition) is 13. The molecule has 0 spiro atoms. The second-order valence-corrected chi connectivity index (χ2v) is 9.00. The largest absolute Gasteiger partial charge is 0.479 e. The minimum atomic E-state index is -1.86. The second kappa shape index (κ2) is 11.8. The van der Waals surface area contributed by atoms with Crippen LogP contribution in [0.4, 0.5) is 0 Å². The van der Waals surface area contributed by atoms with E-state index in [0.717, 1.165) is 6.42 Å². The minimum absolute atomic E-state index is 0.0473. The SMILES string of the molecule is O=C(N[C@H]1CCOC1)c1cnc(-c2cncc(Oc3ncccc3O[C@@H]3O[C@H](C(=O)O)[C@@H](O)[C@H](O)[C@H]3O)c2)nc1.